The molecule has 0 saturated carbocycles. The molecular formula is C13H20F3N3. The monoisotopic (exact) mass is 275 g/mol. The van der Waals surface area contributed by atoms with E-state index < -0.39 is 11.7 Å². The summed E-state index contributed by atoms with van der Waals surface area (Å²) in [7, 11) is 0. The van der Waals surface area contributed by atoms with Gasteiger partial charge in [-0.1, -0.05) is 13.8 Å². The van der Waals surface area contributed by atoms with Gasteiger partial charge in [0.15, 0.2) is 0 Å². The van der Waals surface area contributed by atoms with Gasteiger partial charge in [0.1, 0.15) is 11.6 Å². The standard InChI is InChI=1S/C13H20F3N3/c1-4-17-11-7-10(13(14,15)16)8-12(19-11)18-6-5-9(2)3/h7-9H,4-6H2,1-3H3,(H2,17,18,19). The van der Waals surface area contributed by atoms with Crippen LogP contribution < -0.4 is 10.6 Å². The van der Waals surface area contributed by atoms with Gasteiger partial charge < -0.3 is 10.6 Å². The zero-order valence-electron chi connectivity index (χ0n) is 11.4. The van der Waals surface area contributed by atoms with Crippen LogP contribution in [-0.2, 0) is 6.18 Å². The van der Waals surface area contributed by atoms with Gasteiger partial charge in [0, 0.05) is 13.1 Å². The zero-order chi connectivity index (χ0) is 14.5. The second kappa shape index (κ2) is 6.63. The number of pyridine rings is 1. The van der Waals surface area contributed by atoms with Crippen molar-refractivity contribution in [3.05, 3.63) is 17.7 Å². The Hall–Kier alpha value is -1.46. The van der Waals surface area contributed by atoms with E-state index in [2.05, 4.69) is 29.5 Å². The van der Waals surface area contributed by atoms with E-state index in [0.29, 0.717) is 19.0 Å². The first-order valence-corrected chi connectivity index (χ1v) is 6.40. The second-order valence-corrected chi connectivity index (χ2v) is 4.76. The van der Waals surface area contributed by atoms with Crippen molar-refractivity contribution >= 4 is 11.6 Å². The van der Waals surface area contributed by atoms with Gasteiger partial charge in [0.2, 0.25) is 0 Å². The highest BCUT2D eigenvalue weighted by molar-refractivity contribution is 5.49. The van der Waals surface area contributed by atoms with Crippen LogP contribution in [0.1, 0.15) is 32.8 Å². The van der Waals surface area contributed by atoms with E-state index >= 15 is 0 Å². The Morgan fingerprint density at radius 3 is 2.21 bits per heavy atom. The van der Waals surface area contributed by atoms with Crippen molar-refractivity contribution < 1.29 is 13.2 Å². The molecule has 108 valence electrons. The molecule has 0 aliphatic rings. The predicted octanol–water partition coefficient (Wildman–Crippen LogP) is 3.99. The molecule has 6 heteroatoms. The molecule has 1 aromatic rings. The first kappa shape index (κ1) is 15.6. The van der Waals surface area contributed by atoms with E-state index in [1.54, 1.807) is 0 Å². The molecule has 0 aromatic carbocycles. The van der Waals surface area contributed by atoms with Gasteiger partial charge in [0.05, 0.1) is 5.56 Å². The molecular weight excluding hydrogens is 255 g/mol. The van der Waals surface area contributed by atoms with E-state index in [4.69, 9.17) is 0 Å². The van der Waals surface area contributed by atoms with Gasteiger partial charge in [-0.15, -0.1) is 0 Å². The van der Waals surface area contributed by atoms with Crippen molar-refractivity contribution in [2.24, 2.45) is 5.92 Å². The molecule has 0 amide bonds. The minimum Gasteiger partial charge on any atom is -0.370 e. The fourth-order valence-electron chi connectivity index (χ4n) is 1.55. The van der Waals surface area contributed by atoms with Gasteiger partial charge in [-0.2, -0.15) is 13.2 Å². The normalized spacial score (nSPS) is 11.7. The van der Waals surface area contributed by atoms with Crippen LogP contribution in [0, 0.1) is 5.92 Å². The minimum absolute atomic E-state index is 0.240. The number of aromatic nitrogens is 1. The van der Waals surface area contributed by atoms with E-state index in [1.165, 1.54) is 0 Å². The second-order valence-electron chi connectivity index (χ2n) is 4.76. The largest absolute Gasteiger partial charge is 0.416 e. The Kier molecular flexibility index (Phi) is 5.44. The van der Waals surface area contributed by atoms with Crippen LogP contribution >= 0.6 is 0 Å². The van der Waals surface area contributed by atoms with Crippen LogP contribution in [0.15, 0.2) is 12.1 Å². The van der Waals surface area contributed by atoms with Gasteiger partial charge in [-0.05, 0) is 31.4 Å². The van der Waals surface area contributed by atoms with Crippen LogP contribution in [0.5, 0.6) is 0 Å². The summed E-state index contributed by atoms with van der Waals surface area (Å²) in [6.45, 7) is 7.07. The summed E-state index contributed by atoms with van der Waals surface area (Å²) in [6.07, 6.45) is -3.48. The van der Waals surface area contributed by atoms with E-state index in [-0.39, 0.29) is 11.6 Å². The average Bonchev–Trinajstić information content (AvgIpc) is 2.27. The number of hydrogen-bond donors (Lipinski definition) is 2. The van der Waals surface area contributed by atoms with Crippen molar-refractivity contribution in [2.45, 2.75) is 33.4 Å². The summed E-state index contributed by atoms with van der Waals surface area (Å²) in [6, 6.07) is 2.07. The first-order chi connectivity index (χ1) is 8.82. The SMILES string of the molecule is CCNc1cc(C(F)(F)F)cc(NCCC(C)C)n1. The van der Waals surface area contributed by atoms with E-state index in [0.717, 1.165) is 18.6 Å². The van der Waals surface area contributed by atoms with Crippen LogP contribution in [-0.4, -0.2) is 18.1 Å². The molecule has 0 radical (unpaired) electrons. The molecule has 0 fully saturated rings. The molecule has 1 rings (SSSR count). The van der Waals surface area contributed by atoms with Crippen molar-refractivity contribution in [1.29, 1.82) is 0 Å². The number of nitrogens with zero attached hydrogens (tertiary/aromatic N) is 1. The lowest BCUT2D eigenvalue weighted by Gasteiger charge is -2.13. The van der Waals surface area contributed by atoms with Crippen LogP contribution in [0.2, 0.25) is 0 Å². The molecule has 0 aliphatic carbocycles. The fourth-order valence-corrected chi connectivity index (χ4v) is 1.55. The number of alkyl halides is 3. The molecule has 1 heterocycles. The van der Waals surface area contributed by atoms with Crippen molar-refractivity contribution in [2.75, 3.05) is 23.7 Å². The number of nitrogens with one attached hydrogen (secondary N) is 2. The molecule has 0 unspecified atom stereocenters. The minimum atomic E-state index is -4.36. The summed E-state index contributed by atoms with van der Waals surface area (Å²) in [4.78, 5) is 4.11. The quantitative estimate of drug-likeness (QED) is 0.824. The molecule has 0 atom stereocenters. The first-order valence-electron chi connectivity index (χ1n) is 6.40. The topological polar surface area (TPSA) is 37.0 Å². The maximum Gasteiger partial charge on any atom is 0.416 e. The lowest BCUT2D eigenvalue weighted by molar-refractivity contribution is -0.137. The maximum absolute atomic E-state index is 12.8. The Morgan fingerprint density at radius 1 is 1.16 bits per heavy atom. The van der Waals surface area contributed by atoms with Crippen LogP contribution in [0.25, 0.3) is 0 Å². The summed E-state index contributed by atoms with van der Waals surface area (Å²) >= 11 is 0. The Labute approximate surface area is 111 Å². The zero-order valence-corrected chi connectivity index (χ0v) is 11.4. The number of anilines is 2. The number of halogens is 3. The summed E-state index contributed by atoms with van der Waals surface area (Å²) < 4.78 is 38.3. The molecule has 3 nitrogen and oxygen atoms in total. The molecule has 0 saturated heterocycles. The van der Waals surface area contributed by atoms with E-state index in [9.17, 15) is 13.2 Å². The van der Waals surface area contributed by atoms with Crippen molar-refractivity contribution in [3.63, 3.8) is 0 Å². The number of hydrogen-bond acceptors (Lipinski definition) is 3. The Morgan fingerprint density at radius 2 is 1.74 bits per heavy atom. The van der Waals surface area contributed by atoms with Crippen molar-refractivity contribution in [1.82, 2.24) is 4.98 Å². The molecule has 1 aromatic heterocycles. The van der Waals surface area contributed by atoms with Crippen molar-refractivity contribution in [3.8, 4) is 0 Å². The highest BCUT2D eigenvalue weighted by Crippen LogP contribution is 2.32. The smallest absolute Gasteiger partial charge is 0.370 e. The third-order valence-corrected chi connectivity index (χ3v) is 2.54. The summed E-state index contributed by atoms with van der Waals surface area (Å²) in [5, 5.41) is 5.74. The van der Waals surface area contributed by atoms with Gasteiger partial charge in [-0.25, -0.2) is 4.98 Å². The highest BCUT2D eigenvalue weighted by atomic mass is 19.4. The average molecular weight is 275 g/mol. The predicted molar refractivity (Wildman–Crippen MR) is 71.3 cm³/mol. The molecule has 0 aliphatic heterocycles. The third kappa shape index (κ3) is 5.36. The fraction of sp³-hybridized carbons (Fsp3) is 0.615. The van der Waals surface area contributed by atoms with Crippen LogP contribution in [0.3, 0.4) is 0 Å². The van der Waals surface area contributed by atoms with E-state index in [1.807, 2.05) is 6.92 Å². The summed E-state index contributed by atoms with van der Waals surface area (Å²) in [5.74, 6) is 0.988. The molecule has 0 bridgehead atoms. The molecule has 19 heavy (non-hydrogen) atoms. The third-order valence-electron chi connectivity index (χ3n) is 2.54. The van der Waals surface area contributed by atoms with Gasteiger partial charge in [0.25, 0.3) is 0 Å². The Balaban J connectivity index is 2.87. The maximum atomic E-state index is 12.8. The highest BCUT2D eigenvalue weighted by Gasteiger charge is 2.31. The molecule has 2 N–H and O–H groups in total. The van der Waals surface area contributed by atoms with Crippen LogP contribution in [0.4, 0.5) is 24.8 Å². The lowest BCUT2D eigenvalue weighted by Crippen LogP contribution is -2.12. The lowest BCUT2D eigenvalue weighted by atomic mass is 10.1. The Bertz CT molecular complexity index is 403. The summed E-state index contributed by atoms with van der Waals surface area (Å²) in [5.41, 5.74) is -0.689. The van der Waals surface area contributed by atoms with Gasteiger partial charge >= 0.3 is 6.18 Å². The molecule has 0 spiro atoms. The van der Waals surface area contributed by atoms with Gasteiger partial charge in [-0.3, -0.25) is 0 Å². The number of rotatable bonds is 6.